The summed E-state index contributed by atoms with van der Waals surface area (Å²) in [6.07, 6.45) is 0. The van der Waals surface area contributed by atoms with Crippen LogP contribution < -0.4 is 15.5 Å². The Labute approximate surface area is 180 Å². The van der Waals surface area contributed by atoms with Crippen molar-refractivity contribution in [2.45, 2.75) is 12.1 Å². The monoisotopic (exact) mass is 471 g/mol. The van der Waals surface area contributed by atoms with E-state index in [4.69, 9.17) is 14.0 Å². The fraction of sp³-hybridized carbons (Fsp3) is 0.238. The highest BCUT2D eigenvalue weighted by Crippen LogP contribution is 2.35. The number of fused-ring (bicyclic) bond motifs is 2. The molecular weight excluding hydrogens is 454 g/mol. The van der Waals surface area contributed by atoms with Crippen LogP contribution in [0, 0.1) is 0 Å². The molecular formula is C21H18BrN3O5. The molecule has 2 N–H and O–H groups in total. The lowest BCUT2D eigenvalue weighted by Crippen LogP contribution is -2.62. The summed E-state index contributed by atoms with van der Waals surface area (Å²) in [6.45, 7) is 0.718. The van der Waals surface area contributed by atoms with Crippen molar-refractivity contribution in [2.24, 2.45) is 0 Å². The second-order valence-corrected chi connectivity index (χ2v) is 8.32. The molecule has 0 saturated carbocycles. The molecule has 0 unspecified atom stereocenters. The first-order valence-corrected chi connectivity index (χ1v) is 10.1. The van der Waals surface area contributed by atoms with E-state index in [9.17, 15) is 9.59 Å². The minimum atomic E-state index is -1.03. The van der Waals surface area contributed by atoms with Gasteiger partial charge in [0.15, 0.2) is 0 Å². The molecule has 3 aromatic rings. The molecule has 2 aliphatic rings. The van der Waals surface area contributed by atoms with Gasteiger partial charge in [-0.3, -0.25) is 9.63 Å². The molecule has 0 radical (unpaired) electrons. The lowest BCUT2D eigenvalue weighted by Gasteiger charge is -2.38. The minimum absolute atomic E-state index is 0.100. The largest absolute Gasteiger partial charge is 0.497 e. The molecule has 154 valence electrons. The van der Waals surface area contributed by atoms with Crippen LogP contribution in [0.2, 0.25) is 0 Å². The van der Waals surface area contributed by atoms with Gasteiger partial charge in [-0.25, -0.2) is 10.3 Å². The van der Waals surface area contributed by atoms with Gasteiger partial charge in [-0.2, -0.15) is 0 Å². The second kappa shape index (κ2) is 7.03. The number of amides is 3. The fourth-order valence-electron chi connectivity index (χ4n) is 3.97. The zero-order valence-electron chi connectivity index (χ0n) is 16.0. The number of carbonyl (C=O) groups is 2. The highest BCUT2D eigenvalue weighted by molar-refractivity contribution is 9.10. The van der Waals surface area contributed by atoms with E-state index in [1.54, 1.807) is 18.1 Å². The van der Waals surface area contributed by atoms with Crippen LogP contribution in [-0.2, 0) is 16.9 Å². The van der Waals surface area contributed by atoms with Gasteiger partial charge in [-0.05, 0) is 42.0 Å². The zero-order valence-corrected chi connectivity index (χ0v) is 17.6. The number of nitrogens with one attached hydrogen (secondary N) is 2. The predicted octanol–water partition coefficient (Wildman–Crippen LogP) is 3.30. The average Bonchev–Trinajstić information content (AvgIpc) is 3.29. The Morgan fingerprint density at radius 2 is 2.07 bits per heavy atom. The molecule has 2 aromatic carbocycles. The number of hydroxylamine groups is 1. The second-order valence-electron chi connectivity index (χ2n) is 7.40. The molecule has 30 heavy (non-hydrogen) atoms. The summed E-state index contributed by atoms with van der Waals surface area (Å²) in [6, 6.07) is 12.5. The Kier molecular flexibility index (Phi) is 4.44. The van der Waals surface area contributed by atoms with Gasteiger partial charge < -0.3 is 19.4 Å². The summed E-state index contributed by atoms with van der Waals surface area (Å²) in [7, 11) is 1.57. The number of methoxy groups -OCH3 is 1. The van der Waals surface area contributed by atoms with Gasteiger partial charge in [0, 0.05) is 22.0 Å². The van der Waals surface area contributed by atoms with Crippen molar-refractivity contribution in [2.75, 3.05) is 20.3 Å². The molecule has 0 bridgehead atoms. The van der Waals surface area contributed by atoms with Crippen LogP contribution in [0.5, 0.6) is 5.75 Å². The number of ether oxygens (including phenoxy) is 1. The van der Waals surface area contributed by atoms with Crippen molar-refractivity contribution in [1.29, 1.82) is 0 Å². The van der Waals surface area contributed by atoms with Crippen molar-refractivity contribution in [3.05, 3.63) is 63.8 Å². The van der Waals surface area contributed by atoms with Crippen molar-refractivity contribution < 1.29 is 23.6 Å². The number of halogens is 1. The Balaban J connectivity index is 1.52. The van der Waals surface area contributed by atoms with Crippen molar-refractivity contribution >= 4 is 38.8 Å². The van der Waals surface area contributed by atoms with Crippen molar-refractivity contribution in [3.63, 3.8) is 0 Å². The molecule has 1 fully saturated rings. The van der Waals surface area contributed by atoms with E-state index in [1.807, 2.05) is 36.4 Å². The Bertz CT molecular complexity index is 1180. The number of benzene rings is 2. The van der Waals surface area contributed by atoms with E-state index in [0.29, 0.717) is 29.2 Å². The molecule has 5 rings (SSSR count). The number of furan rings is 1. The number of urea groups is 1. The van der Waals surface area contributed by atoms with E-state index in [-0.39, 0.29) is 19.1 Å². The first kappa shape index (κ1) is 19.0. The standard InChI is InChI=1S/C21H18BrN3O5/c1-28-15-4-2-12-9-25(19(26)16(12)8-15)10-21(11-29-24-20(27)23-21)18-7-13-6-14(22)3-5-17(13)30-18/h2-8H,9-11H2,1H3,(H2,23,24,27)/t21-/m1/s1. The maximum Gasteiger partial charge on any atom is 0.339 e. The molecule has 9 heteroatoms. The van der Waals surface area contributed by atoms with Gasteiger partial charge in [0.05, 0.1) is 13.7 Å². The quantitative estimate of drug-likeness (QED) is 0.608. The summed E-state index contributed by atoms with van der Waals surface area (Å²) < 4.78 is 12.2. The summed E-state index contributed by atoms with van der Waals surface area (Å²) in [5, 5.41) is 3.80. The van der Waals surface area contributed by atoms with Gasteiger partial charge in [0.25, 0.3) is 5.91 Å². The highest BCUT2D eigenvalue weighted by Gasteiger charge is 2.45. The highest BCUT2D eigenvalue weighted by atomic mass is 79.9. The third-order valence-corrected chi connectivity index (χ3v) is 5.94. The smallest absolute Gasteiger partial charge is 0.339 e. The van der Waals surface area contributed by atoms with Gasteiger partial charge in [0.2, 0.25) is 0 Å². The molecule has 1 aromatic heterocycles. The van der Waals surface area contributed by atoms with Crippen LogP contribution in [0.25, 0.3) is 11.0 Å². The van der Waals surface area contributed by atoms with Crippen LogP contribution in [0.3, 0.4) is 0 Å². The maximum atomic E-state index is 13.1. The minimum Gasteiger partial charge on any atom is -0.497 e. The Morgan fingerprint density at radius 1 is 1.20 bits per heavy atom. The van der Waals surface area contributed by atoms with Crippen LogP contribution in [0.15, 0.2) is 51.4 Å². The molecule has 1 atom stereocenters. The molecule has 3 heterocycles. The Morgan fingerprint density at radius 3 is 2.87 bits per heavy atom. The Hall–Kier alpha value is -3.04. The van der Waals surface area contributed by atoms with E-state index in [1.165, 1.54) is 0 Å². The number of rotatable bonds is 4. The third-order valence-electron chi connectivity index (χ3n) is 5.44. The lowest BCUT2D eigenvalue weighted by atomic mass is 9.95. The van der Waals surface area contributed by atoms with Gasteiger partial charge in [0.1, 0.15) is 29.2 Å². The van der Waals surface area contributed by atoms with Crippen LogP contribution >= 0.6 is 15.9 Å². The normalized spacial score (nSPS) is 20.8. The summed E-state index contributed by atoms with van der Waals surface area (Å²) >= 11 is 3.46. The summed E-state index contributed by atoms with van der Waals surface area (Å²) in [5.74, 6) is 1.02. The van der Waals surface area contributed by atoms with Crippen molar-refractivity contribution in [1.82, 2.24) is 15.7 Å². The summed E-state index contributed by atoms with van der Waals surface area (Å²) in [5.41, 5.74) is 3.45. The van der Waals surface area contributed by atoms with Crippen LogP contribution in [0.4, 0.5) is 4.79 Å². The molecule has 2 aliphatic heterocycles. The number of nitrogens with zero attached hydrogens (tertiary/aromatic N) is 1. The van der Waals surface area contributed by atoms with Gasteiger partial charge >= 0.3 is 6.03 Å². The molecule has 3 amide bonds. The number of hydrogen-bond donors (Lipinski definition) is 2. The predicted molar refractivity (Wildman–Crippen MR) is 111 cm³/mol. The first-order chi connectivity index (χ1) is 14.5. The number of hydrogen-bond acceptors (Lipinski definition) is 5. The fourth-order valence-corrected chi connectivity index (χ4v) is 4.35. The van der Waals surface area contributed by atoms with E-state index in [2.05, 4.69) is 26.7 Å². The third kappa shape index (κ3) is 3.10. The van der Waals surface area contributed by atoms with Crippen LogP contribution in [-0.4, -0.2) is 37.1 Å². The average molecular weight is 472 g/mol. The number of carbonyl (C=O) groups excluding carboxylic acids is 2. The molecule has 0 aliphatic carbocycles. The van der Waals surface area contributed by atoms with E-state index in [0.717, 1.165) is 15.4 Å². The van der Waals surface area contributed by atoms with Crippen molar-refractivity contribution in [3.8, 4) is 5.75 Å². The van der Waals surface area contributed by atoms with E-state index < -0.39 is 11.6 Å². The van der Waals surface area contributed by atoms with E-state index >= 15 is 0 Å². The SMILES string of the molecule is COc1ccc2c(c1)C(=O)N(C[C@]1(c3cc4cc(Br)ccc4o3)CONC(=O)N1)C2. The molecule has 1 saturated heterocycles. The maximum absolute atomic E-state index is 13.1. The van der Waals surface area contributed by atoms with Gasteiger partial charge in [-0.1, -0.05) is 22.0 Å². The van der Waals surface area contributed by atoms with Gasteiger partial charge in [-0.15, -0.1) is 0 Å². The summed E-state index contributed by atoms with van der Waals surface area (Å²) in [4.78, 5) is 32.3. The molecule has 0 spiro atoms. The molecule has 8 nitrogen and oxygen atoms in total. The first-order valence-electron chi connectivity index (χ1n) is 9.33. The zero-order chi connectivity index (χ0) is 20.9. The van der Waals surface area contributed by atoms with Crippen LogP contribution in [0.1, 0.15) is 21.7 Å². The topological polar surface area (TPSA) is 93.0 Å². The lowest BCUT2D eigenvalue weighted by molar-refractivity contribution is -0.0284.